The average Bonchev–Trinajstić information content (AvgIpc) is 2.61. The molecule has 2 rings (SSSR count). The summed E-state index contributed by atoms with van der Waals surface area (Å²) in [5, 5.41) is 0. The molecule has 0 amide bonds. The smallest absolute Gasteiger partial charge is 0.183 e. The standard InChI is InChI=1S/C19H25NO2S/c1-4-10-19(11-5-2,20-12-14-22-15-13-20)18(21)16-6-8-17(23-3)9-7-16/h4-9H,1-2,10-15H2,3H3. The van der Waals surface area contributed by atoms with E-state index in [0.29, 0.717) is 26.1 Å². The van der Waals surface area contributed by atoms with Gasteiger partial charge in [0.05, 0.1) is 18.8 Å². The minimum Gasteiger partial charge on any atom is -0.379 e. The second-order valence-corrected chi connectivity index (χ2v) is 6.55. The molecule has 1 aromatic rings. The van der Waals surface area contributed by atoms with Gasteiger partial charge in [-0.3, -0.25) is 9.69 Å². The fraction of sp³-hybridized carbons (Fsp3) is 0.421. The first-order chi connectivity index (χ1) is 11.2. The van der Waals surface area contributed by atoms with Gasteiger partial charge in [-0.15, -0.1) is 24.9 Å². The van der Waals surface area contributed by atoms with Crippen LogP contribution in [0.1, 0.15) is 23.2 Å². The molecule has 1 fully saturated rings. The maximum atomic E-state index is 13.4. The molecule has 3 nitrogen and oxygen atoms in total. The van der Waals surface area contributed by atoms with Gasteiger partial charge in [-0.05, 0) is 31.2 Å². The molecule has 0 spiro atoms. The third-order valence-electron chi connectivity index (χ3n) is 4.36. The molecule has 0 aromatic heterocycles. The normalized spacial score (nSPS) is 16.0. The molecule has 0 saturated carbocycles. The van der Waals surface area contributed by atoms with E-state index in [2.05, 4.69) is 18.1 Å². The van der Waals surface area contributed by atoms with E-state index in [1.807, 2.05) is 42.7 Å². The lowest BCUT2D eigenvalue weighted by Crippen LogP contribution is -2.57. The zero-order chi connectivity index (χ0) is 16.7. The van der Waals surface area contributed by atoms with E-state index < -0.39 is 5.54 Å². The van der Waals surface area contributed by atoms with Crippen LogP contribution in [0.5, 0.6) is 0 Å². The predicted octanol–water partition coefficient (Wildman–Crippen LogP) is 3.81. The van der Waals surface area contributed by atoms with Gasteiger partial charge in [-0.25, -0.2) is 0 Å². The van der Waals surface area contributed by atoms with Crippen LogP contribution in [0.25, 0.3) is 0 Å². The summed E-state index contributed by atoms with van der Waals surface area (Å²) >= 11 is 1.67. The molecular formula is C19H25NO2S. The maximum absolute atomic E-state index is 13.4. The van der Waals surface area contributed by atoms with Gasteiger partial charge in [0.1, 0.15) is 0 Å². The van der Waals surface area contributed by atoms with Gasteiger partial charge >= 0.3 is 0 Å². The number of thioether (sulfide) groups is 1. The highest BCUT2D eigenvalue weighted by Gasteiger charge is 2.42. The zero-order valence-corrected chi connectivity index (χ0v) is 14.6. The van der Waals surface area contributed by atoms with Gasteiger partial charge in [0.25, 0.3) is 0 Å². The molecule has 124 valence electrons. The van der Waals surface area contributed by atoms with Gasteiger partial charge in [-0.2, -0.15) is 0 Å². The Balaban J connectivity index is 2.38. The highest BCUT2D eigenvalue weighted by molar-refractivity contribution is 7.98. The number of benzene rings is 1. The number of carbonyl (C=O) groups excluding carboxylic acids is 1. The summed E-state index contributed by atoms with van der Waals surface area (Å²) in [6.07, 6.45) is 6.94. The highest BCUT2D eigenvalue weighted by Crippen LogP contribution is 2.31. The molecule has 0 bridgehead atoms. The first-order valence-corrected chi connectivity index (χ1v) is 9.14. The first kappa shape index (κ1) is 18.0. The maximum Gasteiger partial charge on any atom is 0.183 e. The molecule has 1 aliphatic rings. The number of Topliss-reactive ketones (excluding diaryl/α,β-unsaturated/α-hetero) is 1. The fourth-order valence-electron chi connectivity index (χ4n) is 3.15. The topological polar surface area (TPSA) is 29.5 Å². The van der Waals surface area contributed by atoms with Gasteiger partial charge < -0.3 is 4.74 Å². The number of nitrogens with zero attached hydrogens (tertiary/aromatic N) is 1. The summed E-state index contributed by atoms with van der Waals surface area (Å²) in [5.41, 5.74) is 0.145. The SMILES string of the molecule is C=CCC(CC=C)(C(=O)c1ccc(SC)cc1)N1CCOCC1. The van der Waals surface area contributed by atoms with Gasteiger partial charge in [0, 0.05) is 23.5 Å². The molecule has 4 heteroatoms. The van der Waals surface area contributed by atoms with Crippen LogP contribution in [0.4, 0.5) is 0 Å². The van der Waals surface area contributed by atoms with E-state index in [1.54, 1.807) is 11.8 Å². The molecule has 1 aromatic carbocycles. The molecule has 0 N–H and O–H groups in total. The second-order valence-electron chi connectivity index (χ2n) is 5.67. The molecule has 0 radical (unpaired) electrons. The Morgan fingerprint density at radius 1 is 1.22 bits per heavy atom. The summed E-state index contributed by atoms with van der Waals surface area (Å²) in [4.78, 5) is 16.8. The van der Waals surface area contributed by atoms with E-state index in [1.165, 1.54) is 0 Å². The molecular weight excluding hydrogens is 306 g/mol. The van der Waals surface area contributed by atoms with Gasteiger partial charge in [0.15, 0.2) is 5.78 Å². The van der Waals surface area contributed by atoms with Crippen molar-refractivity contribution in [3.8, 4) is 0 Å². The summed E-state index contributed by atoms with van der Waals surface area (Å²) in [6.45, 7) is 10.6. The zero-order valence-electron chi connectivity index (χ0n) is 13.8. The van der Waals surface area contributed by atoms with Crippen molar-refractivity contribution >= 4 is 17.5 Å². The first-order valence-electron chi connectivity index (χ1n) is 7.91. The number of carbonyl (C=O) groups is 1. The van der Waals surface area contributed by atoms with Crippen LogP contribution in [-0.2, 0) is 4.74 Å². The molecule has 1 aliphatic heterocycles. The van der Waals surface area contributed by atoms with Crippen LogP contribution >= 0.6 is 11.8 Å². The van der Waals surface area contributed by atoms with Gasteiger partial charge in [0.2, 0.25) is 0 Å². The summed E-state index contributed by atoms with van der Waals surface area (Å²) in [7, 11) is 0. The summed E-state index contributed by atoms with van der Waals surface area (Å²) in [5.74, 6) is 0.145. The fourth-order valence-corrected chi connectivity index (χ4v) is 3.56. The predicted molar refractivity (Wildman–Crippen MR) is 97.3 cm³/mol. The second kappa shape index (κ2) is 8.48. The van der Waals surface area contributed by atoms with E-state index in [4.69, 9.17) is 4.74 Å². The molecule has 23 heavy (non-hydrogen) atoms. The van der Waals surface area contributed by atoms with Crippen molar-refractivity contribution in [3.05, 3.63) is 55.1 Å². The quantitative estimate of drug-likeness (QED) is 0.411. The Kier molecular flexibility index (Phi) is 6.63. The monoisotopic (exact) mass is 331 g/mol. The van der Waals surface area contributed by atoms with Crippen LogP contribution in [0, 0.1) is 0 Å². The Morgan fingerprint density at radius 3 is 2.26 bits per heavy atom. The van der Waals surface area contributed by atoms with Crippen LogP contribution < -0.4 is 0 Å². The minimum atomic E-state index is -0.603. The third kappa shape index (κ3) is 3.94. The van der Waals surface area contributed by atoms with Crippen LogP contribution in [0.2, 0.25) is 0 Å². The Bertz CT molecular complexity index is 537. The number of ether oxygens (including phenoxy) is 1. The van der Waals surface area contributed by atoms with Crippen molar-refractivity contribution < 1.29 is 9.53 Å². The van der Waals surface area contributed by atoms with Crippen LogP contribution in [0.15, 0.2) is 54.5 Å². The molecule has 0 unspecified atom stereocenters. The van der Waals surface area contributed by atoms with Crippen molar-refractivity contribution in [2.75, 3.05) is 32.6 Å². The number of hydrogen-bond donors (Lipinski definition) is 0. The Labute approximate surface area is 143 Å². The van der Waals surface area contributed by atoms with Crippen molar-refractivity contribution in [1.82, 2.24) is 4.90 Å². The number of morpholine rings is 1. The van der Waals surface area contributed by atoms with Crippen molar-refractivity contribution in [1.29, 1.82) is 0 Å². The molecule has 1 heterocycles. The van der Waals surface area contributed by atoms with Crippen molar-refractivity contribution in [2.24, 2.45) is 0 Å². The lowest BCUT2D eigenvalue weighted by atomic mass is 9.81. The number of hydrogen-bond acceptors (Lipinski definition) is 4. The largest absolute Gasteiger partial charge is 0.379 e. The molecule has 0 atom stereocenters. The number of rotatable bonds is 8. The molecule has 0 aliphatic carbocycles. The third-order valence-corrected chi connectivity index (χ3v) is 5.10. The summed E-state index contributed by atoms with van der Waals surface area (Å²) in [6, 6.07) is 7.86. The van der Waals surface area contributed by atoms with Crippen molar-refractivity contribution in [3.63, 3.8) is 0 Å². The van der Waals surface area contributed by atoms with Gasteiger partial charge in [-0.1, -0.05) is 24.3 Å². The highest BCUT2D eigenvalue weighted by atomic mass is 32.2. The van der Waals surface area contributed by atoms with Crippen LogP contribution in [-0.4, -0.2) is 48.8 Å². The van der Waals surface area contributed by atoms with Crippen LogP contribution in [0.3, 0.4) is 0 Å². The lowest BCUT2D eigenvalue weighted by molar-refractivity contribution is -0.0134. The minimum absolute atomic E-state index is 0.145. The van der Waals surface area contributed by atoms with Crippen molar-refractivity contribution in [2.45, 2.75) is 23.3 Å². The van der Waals surface area contributed by atoms with E-state index in [0.717, 1.165) is 23.5 Å². The lowest BCUT2D eigenvalue weighted by Gasteiger charge is -2.44. The Morgan fingerprint density at radius 2 is 1.78 bits per heavy atom. The van der Waals surface area contributed by atoms with E-state index in [9.17, 15) is 4.79 Å². The summed E-state index contributed by atoms with van der Waals surface area (Å²) < 4.78 is 5.46. The van der Waals surface area contributed by atoms with E-state index >= 15 is 0 Å². The van der Waals surface area contributed by atoms with E-state index in [-0.39, 0.29) is 5.78 Å². The molecule has 1 saturated heterocycles. The average molecular weight is 331 g/mol. The Hall–Kier alpha value is -1.36. The number of ketones is 1.